The van der Waals surface area contributed by atoms with Crippen LogP contribution in [0.2, 0.25) is 0 Å². The molecule has 5 nitrogen and oxygen atoms in total. The zero-order chi connectivity index (χ0) is 22.8. The molecule has 4 rings (SSSR count). The van der Waals surface area contributed by atoms with Crippen LogP contribution in [0.3, 0.4) is 0 Å². The number of nitrogens with zero attached hydrogens (tertiary/aromatic N) is 1. The van der Waals surface area contributed by atoms with Crippen LogP contribution < -0.4 is 10.6 Å². The van der Waals surface area contributed by atoms with E-state index in [4.69, 9.17) is 0 Å². The lowest BCUT2D eigenvalue weighted by molar-refractivity contribution is 0.200. The highest BCUT2D eigenvalue weighted by Gasteiger charge is 2.22. The van der Waals surface area contributed by atoms with Gasteiger partial charge >= 0.3 is 6.03 Å². The Labute approximate surface area is 191 Å². The molecule has 0 unspecified atom stereocenters. The number of aromatic nitrogens is 1. The van der Waals surface area contributed by atoms with E-state index in [-0.39, 0.29) is 18.7 Å². The van der Waals surface area contributed by atoms with Crippen molar-refractivity contribution in [3.05, 3.63) is 41.5 Å². The quantitative estimate of drug-likeness (QED) is 0.417. The molecule has 0 saturated heterocycles. The minimum atomic E-state index is -0.238. The molecule has 0 aliphatic heterocycles. The monoisotopic (exact) mass is 435 g/mol. The average molecular weight is 436 g/mol. The molecule has 1 atom stereocenters. The molecular weight excluding hydrogens is 398 g/mol. The lowest BCUT2D eigenvalue weighted by Gasteiger charge is -2.26. The van der Waals surface area contributed by atoms with Gasteiger partial charge in [0.15, 0.2) is 0 Å². The summed E-state index contributed by atoms with van der Waals surface area (Å²) in [7, 11) is 0. The molecular formula is C27H37N3O2. The van der Waals surface area contributed by atoms with E-state index in [2.05, 4.69) is 73.2 Å². The number of carbonyl (C=O) groups excluding carboxylic acids is 1. The molecule has 2 aromatic carbocycles. The van der Waals surface area contributed by atoms with E-state index in [0.29, 0.717) is 12.0 Å². The largest absolute Gasteiger partial charge is 0.394 e. The maximum absolute atomic E-state index is 12.9. The number of amides is 2. The van der Waals surface area contributed by atoms with E-state index in [9.17, 15) is 9.90 Å². The van der Waals surface area contributed by atoms with Crippen LogP contribution in [0, 0.1) is 19.8 Å². The highest BCUT2D eigenvalue weighted by molar-refractivity contribution is 6.12. The molecule has 0 radical (unpaired) electrons. The zero-order valence-electron chi connectivity index (χ0n) is 19.9. The summed E-state index contributed by atoms with van der Waals surface area (Å²) in [5, 5.41) is 18.4. The van der Waals surface area contributed by atoms with E-state index in [1.165, 1.54) is 53.9 Å². The smallest absolute Gasteiger partial charge is 0.319 e. The second-order valence-corrected chi connectivity index (χ2v) is 9.79. The van der Waals surface area contributed by atoms with Gasteiger partial charge in [-0.25, -0.2) is 4.79 Å². The van der Waals surface area contributed by atoms with Crippen molar-refractivity contribution in [2.75, 3.05) is 11.9 Å². The van der Waals surface area contributed by atoms with E-state index in [0.717, 1.165) is 23.2 Å². The van der Waals surface area contributed by atoms with Crippen LogP contribution in [-0.2, 0) is 0 Å². The van der Waals surface area contributed by atoms with Crippen molar-refractivity contribution < 1.29 is 9.90 Å². The summed E-state index contributed by atoms with van der Waals surface area (Å²) < 4.78 is 2.38. The number of para-hydroxylation sites is 1. The summed E-state index contributed by atoms with van der Waals surface area (Å²) in [4.78, 5) is 12.9. The van der Waals surface area contributed by atoms with Crippen LogP contribution in [0.4, 0.5) is 10.5 Å². The molecule has 3 aromatic rings. The first-order valence-corrected chi connectivity index (χ1v) is 12.1. The predicted molar refractivity (Wildman–Crippen MR) is 134 cm³/mol. The number of rotatable bonds is 6. The third-order valence-electron chi connectivity index (χ3n) is 7.10. The first kappa shape index (κ1) is 22.7. The fourth-order valence-corrected chi connectivity index (χ4v) is 5.61. The molecule has 172 valence electrons. The number of hydrogen-bond acceptors (Lipinski definition) is 2. The maximum Gasteiger partial charge on any atom is 0.319 e. The van der Waals surface area contributed by atoms with Gasteiger partial charge in [-0.3, -0.25) is 0 Å². The Bertz CT molecular complexity index is 1110. The predicted octanol–water partition coefficient (Wildman–Crippen LogP) is 6.45. The van der Waals surface area contributed by atoms with Crippen molar-refractivity contribution in [3.63, 3.8) is 0 Å². The second-order valence-electron chi connectivity index (χ2n) is 9.79. The van der Waals surface area contributed by atoms with Crippen LogP contribution in [0.15, 0.2) is 30.3 Å². The van der Waals surface area contributed by atoms with Gasteiger partial charge in [-0.1, -0.05) is 50.3 Å². The number of anilines is 1. The number of benzene rings is 2. The number of carbonyl (C=O) groups is 1. The summed E-state index contributed by atoms with van der Waals surface area (Å²) in [6.07, 6.45) is 7.09. The van der Waals surface area contributed by atoms with Gasteiger partial charge in [0.1, 0.15) is 0 Å². The van der Waals surface area contributed by atoms with Gasteiger partial charge in [0, 0.05) is 28.0 Å². The Balaban J connectivity index is 1.61. The Morgan fingerprint density at radius 2 is 1.84 bits per heavy atom. The summed E-state index contributed by atoms with van der Waals surface area (Å²) in [6.45, 7) is 8.53. The van der Waals surface area contributed by atoms with Crippen molar-refractivity contribution in [3.8, 4) is 0 Å². The molecule has 0 spiro atoms. The lowest BCUT2D eigenvalue weighted by atomic mass is 9.85. The fourth-order valence-electron chi connectivity index (χ4n) is 5.61. The zero-order valence-corrected chi connectivity index (χ0v) is 19.9. The number of fused-ring (bicyclic) bond motifs is 3. The van der Waals surface area contributed by atoms with Crippen LogP contribution >= 0.6 is 0 Å². The maximum atomic E-state index is 12.9. The van der Waals surface area contributed by atoms with Crippen LogP contribution in [0.5, 0.6) is 0 Å². The summed E-state index contributed by atoms with van der Waals surface area (Å²) in [5.41, 5.74) is 5.40. The summed E-state index contributed by atoms with van der Waals surface area (Å²) in [5.74, 6) is 0.600. The Hall–Kier alpha value is -2.53. The Kier molecular flexibility index (Phi) is 6.75. The lowest BCUT2D eigenvalue weighted by Crippen LogP contribution is -2.41. The second kappa shape index (κ2) is 9.53. The van der Waals surface area contributed by atoms with Crippen molar-refractivity contribution in [2.24, 2.45) is 5.92 Å². The molecule has 5 heteroatoms. The standard InChI is InChI=1S/C27H37N3O2/c1-17(2)30-23-13-9-8-12-22(23)25-19(4)26(18(3)14-24(25)30)29-27(32)28-21(16-31)15-20-10-6-5-7-11-20/h8-9,12-14,17,20-21,31H,5-7,10-11,15-16H2,1-4H3,(H2,28,29,32)/t21-/m0/s1. The van der Waals surface area contributed by atoms with Crippen molar-refractivity contribution in [1.29, 1.82) is 0 Å². The van der Waals surface area contributed by atoms with Gasteiger partial charge in [0.25, 0.3) is 0 Å². The van der Waals surface area contributed by atoms with Crippen LogP contribution in [0.1, 0.15) is 69.5 Å². The van der Waals surface area contributed by atoms with Gasteiger partial charge in [0.2, 0.25) is 0 Å². The number of aliphatic hydroxyl groups excluding tert-OH is 1. The molecule has 2 amide bonds. The molecule has 1 aliphatic rings. The minimum absolute atomic E-state index is 0.0250. The number of urea groups is 1. The normalized spacial score (nSPS) is 16.1. The van der Waals surface area contributed by atoms with Crippen molar-refractivity contribution in [2.45, 2.75) is 78.3 Å². The van der Waals surface area contributed by atoms with Gasteiger partial charge < -0.3 is 20.3 Å². The topological polar surface area (TPSA) is 66.3 Å². The summed E-state index contributed by atoms with van der Waals surface area (Å²) in [6, 6.07) is 10.6. The first-order chi connectivity index (χ1) is 15.4. The molecule has 32 heavy (non-hydrogen) atoms. The van der Waals surface area contributed by atoms with Crippen molar-refractivity contribution in [1.82, 2.24) is 9.88 Å². The van der Waals surface area contributed by atoms with Gasteiger partial charge in [-0.2, -0.15) is 0 Å². The van der Waals surface area contributed by atoms with Gasteiger partial charge in [-0.05, 0) is 63.3 Å². The minimum Gasteiger partial charge on any atom is -0.394 e. The van der Waals surface area contributed by atoms with Crippen molar-refractivity contribution >= 4 is 33.5 Å². The Morgan fingerprint density at radius 1 is 1.12 bits per heavy atom. The highest BCUT2D eigenvalue weighted by atomic mass is 16.3. The molecule has 0 bridgehead atoms. The highest BCUT2D eigenvalue weighted by Crippen LogP contribution is 2.38. The van der Waals surface area contributed by atoms with Crippen LogP contribution in [-0.4, -0.2) is 28.4 Å². The SMILES string of the molecule is Cc1cc2c(c(C)c1NC(=O)N[C@H](CO)CC1CCCCC1)c1ccccc1n2C(C)C. The summed E-state index contributed by atoms with van der Waals surface area (Å²) >= 11 is 0. The van der Waals surface area contributed by atoms with E-state index >= 15 is 0 Å². The third kappa shape index (κ3) is 4.36. The number of aryl methyl sites for hydroxylation is 2. The van der Waals surface area contributed by atoms with Gasteiger partial charge in [0.05, 0.1) is 18.2 Å². The molecule has 3 N–H and O–H groups in total. The number of hydrogen-bond donors (Lipinski definition) is 3. The average Bonchev–Trinajstić information content (AvgIpc) is 3.11. The number of nitrogens with one attached hydrogen (secondary N) is 2. The van der Waals surface area contributed by atoms with Gasteiger partial charge in [-0.15, -0.1) is 0 Å². The van der Waals surface area contributed by atoms with E-state index in [1.54, 1.807) is 0 Å². The van der Waals surface area contributed by atoms with E-state index < -0.39 is 0 Å². The van der Waals surface area contributed by atoms with E-state index in [1.807, 2.05) is 0 Å². The molecule has 1 heterocycles. The molecule has 1 aliphatic carbocycles. The molecule has 1 aromatic heterocycles. The third-order valence-corrected chi connectivity index (χ3v) is 7.10. The number of aliphatic hydroxyl groups is 1. The first-order valence-electron chi connectivity index (χ1n) is 12.1. The Morgan fingerprint density at radius 3 is 2.53 bits per heavy atom. The van der Waals surface area contributed by atoms with Crippen LogP contribution in [0.25, 0.3) is 21.8 Å². The molecule has 1 fully saturated rings. The molecule has 1 saturated carbocycles. The fraction of sp³-hybridized carbons (Fsp3) is 0.519.